The van der Waals surface area contributed by atoms with Crippen LogP contribution in [0.5, 0.6) is 5.75 Å². The van der Waals surface area contributed by atoms with Crippen molar-refractivity contribution < 1.29 is 9.50 Å². The lowest BCUT2D eigenvalue weighted by molar-refractivity contribution is 0.410. The fourth-order valence-electron chi connectivity index (χ4n) is 2.30. The molecule has 112 valence electrons. The summed E-state index contributed by atoms with van der Waals surface area (Å²) in [6.07, 6.45) is 0. The second-order valence-electron chi connectivity index (χ2n) is 5.44. The van der Waals surface area contributed by atoms with Crippen molar-refractivity contribution >= 4 is 11.6 Å². The van der Waals surface area contributed by atoms with Crippen LogP contribution in [0.2, 0.25) is 5.02 Å². The van der Waals surface area contributed by atoms with E-state index < -0.39 is 0 Å². The Bertz CT molecular complexity index is 598. The Morgan fingerprint density at radius 2 is 1.81 bits per heavy atom. The summed E-state index contributed by atoms with van der Waals surface area (Å²) >= 11 is 5.91. The van der Waals surface area contributed by atoms with Gasteiger partial charge in [0.2, 0.25) is 0 Å². The molecule has 2 rings (SSSR count). The molecular weight excluding hydrogens is 289 g/mol. The zero-order valence-corrected chi connectivity index (χ0v) is 12.9. The summed E-state index contributed by atoms with van der Waals surface area (Å²) in [5, 5.41) is 13.2. The minimum absolute atomic E-state index is 0.0827. The van der Waals surface area contributed by atoms with Crippen LogP contribution in [-0.4, -0.2) is 5.11 Å². The van der Waals surface area contributed by atoms with Crippen LogP contribution in [0.25, 0.3) is 0 Å². The molecule has 0 heterocycles. The Hall–Kier alpha value is -1.58. The SMILES string of the molecule is CC(C)C(NCc1ccc(O)c(Cl)c1)c1ccc(F)cc1. The fourth-order valence-corrected chi connectivity index (χ4v) is 2.50. The first-order chi connectivity index (χ1) is 9.97. The van der Waals surface area contributed by atoms with Crippen LogP contribution in [0.4, 0.5) is 4.39 Å². The molecule has 1 atom stereocenters. The monoisotopic (exact) mass is 307 g/mol. The van der Waals surface area contributed by atoms with Crippen molar-refractivity contribution in [3.05, 3.63) is 64.4 Å². The molecule has 0 fully saturated rings. The van der Waals surface area contributed by atoms with Gasteiger partial charge in [-0.05, 0) is 41.3 Å². The minimum atomic E-state index is -0.230. The molecule has 21 heavy (non-hydrogen) atoms. The summed E-state index contributed by atoms with van der Waals surface area (Å²) in [5.41, 5.74) is 2.04. The summed E-state index contributed by atoms with van der Waals surface area (Å²) in [7, 11) is 0. The first-order valence-corrected chi connectivity index (χ1v) is 7.31. The lowest BCUT2D eigenvalue weighted by Gasteiger charge is -2.23. The van der Waals surface area contributed by atoms with Crippen LogP contribution in [0, 0.1) is 11.7 Å². The first-order valence-electron chi connectivity index (χ1n) is 6.93. The fraction of sp³-hybridized carbons (Fsp3) is 0.294. The Labute approximate surface area is 129 Å². The van der Waals surface area contributed by atoms with Gasteiger partial charge in [-0.25, -0.2) is 4.39 Å². The van der Waals surface area contributed by atoms with E-state index in [0.717, 1.165) is 11.1 Å². The molecule has 2 aromatic rings. The molecule has 0 aliphatic rings. The van der Waals surface area contributed by atoms with Gasteiger partial charge >= 0.3 is 0 Å². The van der Waals surface area contributed by atoms with Gasteiger partial charge in [-0.3, -0.25) is 0 Å². The van der Waals surface area contributed by atoms with E-state index in [1.807, 2.05) is 6.07 Å². The van der Waals surface area contributed by atoms with Gasteiger partial charge in [0.05, 0.1) is 5.02 Å². The summed E-state index contributed by atoms with van der Waals surface area (Å²) in [6, 6.07) is 11.8. The number of hydrogen-bond donors (Lipinski definition) is 2. The molecule has 0 saturated carbocycles. The van der Waals surface area contributed by atoms with E-state index in [4.69, 9.17) is 11.6 Å². The van der Waals surface area contributed by atoms with Gasteiger partial charge in [-0.2, -0.15) is 0 Å². The molecule has 0 amide bonds. The second kappa shape index (κ2) is 6.92. The Morgan fingerprint density at radius 1 is 1.14 bits per heavy atom. The molecule has 2 aromatic carbocycles. The second-order valence-corrected chi connectivity index (χ2v) is 5.85. The van der Waals surface area contributed by atoms with Gasteiger partial charge in [0.1, 0.15) is 11.6 Å². The summed E-state index contributed by atoms with van der Waals surface area (Å²) < 4.78 is 13.0. The molecule has 0 aromatic heterocycles. The smallest absolute Gasteiger partial charge is 0.134 e. The standard InChI is InChI=1S/C17H19ClFNO/c1-11(2)17(13-4-6-14(19)7-5-13)20-10-12-3-8-16(21)15(18)9-12/h3-9,11,17,20-21H,10H2,1-2H3. The molecule has 4 heteroatoms. The van der Waals surface area contributed by atoms with E-state index in [1.165, 1.54) is 12.1 Å². The molecule has 2 nitrogen and oxygen atoms in total. The van der Waals surface area contributed by atoms with Crippen molar-refractivity contribution in [3.63, 3.8) is 0 Å². The third-order valence-electron chi connectivity index (χ3n) is 3.43. The van der Waals surface area contributed by atoms with Crippen molar-refractivity contribution in [2.45, 2.75) is 26.4 Å². The zero-order valence-electron chi connectivity index (χ0n) is 12.1. The highest BCUT2D eigenvalue weighted by molar-refractivity contribution is 6.32. The highest BCUT2D eigenvalue weighted by Crippen LogP contribution is 2.25. The summed E-state index contributed by atoms with van der Waals surface area (Å²) in [5.74, 6) is 0.217. The van der Waals surface area contributed by atoms with Crippen molar-refractivity contribution in [3.8, 4) is 5.75 Å². The molecule has 0 aliphatic heterocycles. The number of nitrogens with one attached hydrogen (secondary N) is 1. The Balaban J connectivity index is 2.09. The number of aromatic hydroxyl groups is 1. The largest absolute Gasteiger partial charge is 0.506 e. The first kappa shape index (κ1) is 15.8. The Kier molecular flexibility index (Phi) is 5.21. The molecular formula is C17H19ClFNO. The van der Waals surface area contributed by atoms with E-state index in [0.29, 0.717) is 17.5 Å². The predicted octanol–water partition coefficient (Wildman–Crippen LogP) is 4.67. The van der Waals surface area contributed by atoms with Crippen LogP contribution in [-0.2, 0) is 6.54 Å². The minimum Gasteiger partial charge on any atom is -0.506 e. The average Bonchev–Trinajstić information content (AvgIpc) is 2.44. The molecule has 0 radical (unpaired) electrons. The van der Waals surface area contributed by atoms with E-state index in [2.05, 4.69) is 19.2 Å². The number of benzene rings is 2. The highest BCUT2D eigenvalue weighted by Gasteiger charge is 2.15. The number of phenolic OH excluding ortho intramolecular Hbond substituents is 1. The Morgan fingerprint density at radius 3 is 2.38 bits per heavy atom. The van der Waals surface area contributed by atoms with E-state index >= 15 is 0 Å². The zero-order chi connectivity index (χ0) is 15.4. The predicted molar refractivity (Wildman–Crippen MR) is 83.9 cm³/mol. The molecule has 1 unspecified atom stereocenters. The van der Waals surface area contributed by atoms with Gasteiger partial charge in [-0.1, -0.05) is 43.6 Å². The van der Waals surface area contributed by atoms with Crippen LogP contribution in [0.1, 0.15) is 31.0 Å². The number of phenols is 1. The number of rotatable bonds is 5. The number of hydrogen-bond acceptors (Lipinski definition) is 2. The summed E-state index contributed by atoms with van der Waals surface area (Å²) in [6.45, 7) is 4.86. The molecule has 0 spiro atoms. The van der Waals surface area contributed by atoms with Crippen molar-refractivity contribution in [1.82, 2.24) is 5.32 Å². The topological polar surface area (TPSA) is 32.3 Å². The molecule has 2 N–H and O–H groups in total. The maximum atomic E-state index is 13.0. The summed E-state index contributed by atoms with van der Waals surface area (Å²) in [4.78, 5) is 0. The van der Waals surface area contributed by atoms with Gasteiger partial charge in [0, 0.05) is 12.6 Å². The van der Waals surface area contributed by atoms with Crippen molar-refractivity contribution in [2.24, 2.45) is 5.92 Å². The van der Waals surface area contributed by atoms with Crippen LogP contribution < -0.4 is 5.32 Å². The van der Waals surface area contributed by atoms with Crippen LogP contribution in [0.15, 0.2) is 42.5 Å². The highest BCUT2D eigenvalue weighted by atomic mass is 35.5. The van der Waals surface area contributed by atoms with Gasteiger partial charge in [0.15, 0.2) is 0 Å². The molecule has 0 bridgehead atoms. The number of halogens is 2. The molecule has 0 saturated heterocycles. The van der Waals surface area contributed by atoms with Crippen LogP contribution in [0.3, 0.4) is 0 Å². The van der Waals surface area contributed by atoms with E-state index in [-0.39, 0.29) is 17.6 Å². The van der Waals surface area contributed by atoms with E-state index in [9.17, 15) is 9.50 Å². The maximum Gasteiger partial charge on any atom is 0.134 e. The third kappa shape index (κ3) is 4.19. The molecule has 0 aliphatic carbocycles. The maximum absolute atomic E-state index is 13.0. The lowest BCUT2D eigenvalue weighted by atomic mass is 9.95. The normalized spacial score (nSPS) is 12.6. The third-order valence-corrected chi connectivity index (χ3v) is 3.74. The quantitative estimate of drug-likeness (QED) is 0.841. The van der Waals surface area contributed by atoms with Crippen molar-refractivity contribution in [2.75, 3.05) is 0 Å². The van der Waals surface area contributed by atoms with Crippen LogP contribution >= 0.6 is 11.6 Å². The van der Waals surface area contributed by atoms with Gasteiger partial charge in [0.25, 0.3) is 0 Å². The van der Waals surface area contributed by atoms with E-state index in [1.54, 1.807) is 24.3 Å². The van der Waals surface area contributed by atoms with Crippen molar-refractivity contribution in [1.29, 1.82) is 0 Å². The lowest BCUT2D eigenvalue weighted by Crippen LogP contribution is -2.25. The average molecular weight is 308 g/mol. The van der Waals surface area contributed by atoms with Gasteiger partial charge < -0.3 is 10.4 Å². The van der Waals surface area contributed by atoms with Gasteiger partial charge in [-0.15, -0.1) is 0 Å².